The molecule has 0 aromatic rings. The second-order valence-corrected chi connectivity index (χ2v) is 6.27. The van der Waals surface area contributed by atoms with E-state index in [1.807, 2.05) is 0 Å². The first-order valence-electron chi connectivity index (χ1n) is 7.32. The van der Waals surface area contributed by atoms with Crippen molar-refractivity contribution in [1.29, 1.82) is 0 Å². The molecule has 2 heterocycles. The van der Waals surface area contributed by atoms with Gasteiger partial charge in [0, 0.05) is 25.7 Å². The van der Waals surface area contributed by atoms with Gasteiger partial charge >= 0.3 is 0 Å². The van der Waals surface area contributed by atoms with Crippen LogP contribution in [-0.2, 0) is 0 Å². The summed E-state index contributed by atoms with van der Waals surface area (Å²) < 4.78 is 0. The third kappa shape index (κ3) is 3.21. The number of hydrogen-bond acceptors (Lipinski definition) is 3. The van der Waals surface area contributed by atoms with E-state index < -0.39 is 0 Å². The van der Waals surface area contributed by atoms with Crippen LogP contribution in [0.15, 0.2) is 0 Å². The van der Waals surface area contributed by atoms with E-state index in [0.717, 1.165) is 0 Å². The summed E-state index contributed by atoms with van der Waals surface area (Å²) in [6.07, 6.45) is 6.99. The van der Waals surface area contributed by atoms with Crippen LogP contribution in [0.3, 0.4) is 0 Å². The number of nitrogens with zero attached hydrogens (tertiary/aromatic N) is 2. The molecule has 0 aliphatic carbocycles. The maximum atomic E-state index is 3.37. The molecule has 17 heavy (non-hydrogen) atoms. The molecule has 1 N–H and O–H groups in total. The first-order chi connectivity index (χ1) is 8.15. The maximum absolute atomic E-state index is 3.37. The molecule has 3 nitrogen and oxygen atoms in total. The molecule has 2 aliphatic rings. The molecule has 0 amide bonds. The first-order valence-corrected chi connectivity index (χ1v) is 7.32. The Labute approximate surface area is 107 Å². The lowest BCUT2D eigenvalue weighted by molar-refractivity contribution is 0.0264. The molecule has 0 radical (unpaired) electrons. The van der Waals surface area contributed by atoms with Gasteiger partial charge < -0.3 is 4.90 Å². The van der Waals surface area contributed by atoms with Crippen molar-refractivity contribution >= 4 is 0 Å². The predicted molar refractivity (Wildman–Crippen MR) is 72.9 cm³/mol. The number of piperidine rings is 1. The van der Waals surface area contributed by atoms with Gasteiger partial charge in [0.05, 0.1) is 0 Å². The molecule has 2 aliphatic heterocycles. The Morgan fingerprint density at radius 1 is 1.00 bits per heavy atom. The molecule has 0 aromatic carbocycles. The zero-order chi connectivity index (χ0) is 12.3. The number of rotatable bonds is 2. The van der Waals surface area contributed by atoms with E-state index in [1.165, 1.54) is 58.3 Å². The topological polar surface area (TPSA) is 18.5 Å². The Balaban J connectivity index is 2.04. The van der Waals surface area contributed by atoms with E-state index in [2.05, 4.69) is 36.2 Å². The Kier molecular flexibility index (Phi) is 4.45. The smallest absolute Gasteiger partial charge is 0.0199 e. The molecule has 2 rings (SSSR count). The van der Waals surface area contributed by atoms with Gasteiger partial charge in [-0.1, -0.05) is 6.42 Å². The Morgan fingerprint density at radius 2 is 1.76 bits per heavy atom. The SMILES string of the molecule is CNN1CCCCC2(CCCN(C(C)C)C2)C1. The van der Waals surface area contributed by atoms with Crippen molar-refractivity contribution in [3.8, 4) is 0 Å². The van der Waals surface area contributed by atoms with Crippen molar-refractivity contribution in [1.82, 2.24) is 15.3 Å². The second-order valence-electron chi connectivity index (χ2n) is 6.27. The van der Waals surface area contributed by atoms with Crippen LogP contribution in [-0.4, -0.2) is 49.2 Å². The van der Waals surface area contributed by atoms with E-state index in [-0.39, 0.29) is 0 Å². The predicted octanol–water partition coefficient (Wildman–Crippen LogP) is 2.10. The third-order valence-corrected chi connectivity index (χ3v) is 4.65. The van der Waals surface area contributed by atoms with Gasteiger partial charge in [0.2, 0.25) is 0 Å². The average Bonchev–Trinajstić information content (AvgIpc) is 2.52. The van der Waals surface area contributed by atoms with Crippen molar-refractivity contribution in [3.63, 3.8) is 0 Å². The number of hydrogen-bond donors (Lipinski definition) is 1. The minimum Gasteiger partial charge on any atom is -0.300 e. The fourth-order valence-electron chi connectivity index (χ4n) is 3.58. The van der Waals surface area contributed by atoms with Gasteiger partial charge in [0.15, 0.2) is 0 Å². The molecular weight excluding hydrogens is 210 g/mol. The van der Waals surface area contributed by atoms with Crippen LogP contribution in [0.4, 0.5) is 0 Å². The van der Waals surface area contributed by atoms with E-state index in [4.69, 9.17) is 0 Å². The number of nitrogens with one attached hydrogen (secondary N) is 1. The summed E-state index contributed by atoms with van der Waals surface area (Å²) in [5.41, 5.74) is 3.93. The molecule has 1 atom stereocenters. The van der Waals surface area contributed by atoms with Crippen LogP contribution in [0.1, 0.15) is 46.0 Å². The zero-order valence-corrected chi connectivity index (χ0v) is 11.8. The number of hydrazine groups is 1. The monoisotopic (exact) mass is 239 g/mol. The second kappa shape index (κ2) is 5.68. The largest absolute Gasteiger partial charge is 0.300 e. The molecule has 2 saturated heterocycles. The van der Waals surface area contributed by atoms with Crippen LogP contribution in [0.25, 0.3) is 0 Å². The van der Waals surface area contributed by atoms with Gasteiger partial charge in [-0.15, -0.1) is 0 Å². The fourth-order valence-corrected chi connectivity index (χ4v) is 3.58. The highest BCUT2D eigenvalue weighted by Crippen LogP contribution is 2.38. The zero-order valence-electron chi connectivity index (χ0n) is 11.8. The van der Waals surface area contributed by atoms with Gasteiger partial charge in [-0.3, -0.25) is 5.43 Å². The molecule has 2 fully saturated rings. The Hall–Kier alpha value is -0.120. The highest BCUT2D eigenvalue weighted by molar-refractivity contribution is 4.91. The molecule has 100 valence electrons. The molecule has 3 heteroatoms. The highest BCUT2D eigenvalue weighted by atomic mass is 15.5. The van der Waals surface area contributed by atoms with Crippen molar-refractivity contribution in [2.45, 2.75) is 52.0 Å². The summed E-state index contributed by atoms with van der Waals surface area (Å²) >= 11 is 0. The summed E-state index contributed by atoms with van der Waals surface area (Å²) in [5, 5.41) is 2.44. The highest BCUT2D eigenvalue weighted by Gasteiger charge is 2.38. The lowest BCUT2D eigenvalue weighted by Gasteiger charge is -2.45. The Morgan fingerprint density at radius 3 is 2.47 bits per heavy atom. The van der Waals surface area contributed by atoms with Crippen LogP contribution < -0.4 is 5.43 Å². The van der Waals surface area contributed by atoms with Crippen molar-refractivity contribution in [2.24, 2.45) is 5.41 Å². The van der Waals surface area contributed by atoms with Gasteiger partial charge in [-0.2, -0.15) is 0 Å². The lowest BCUT2D eigenvalue weighted by atomic mass is 9.76. The summed E-state index contributed by atoms with van der Waals surface area (Å²) in [6, 6.07) is 0.707. The van der Waals surface area contributed by atoms with Gasteiger partial charge in [-0.05, 0) is 58.5 Å². The van der Waals surface area contributed by atoms with E-state index in [1.54, 1.807) is 0 Å². The fraction of sp³-hybridized carbons (Fsp3) is 1.00. The molecular formula is C14H29N3. The van der Waals surface area contributed by atoms with Crippen LogP contribution >= 0.6 is 0 Å². The summed E-state index contributed by atoms with van der Waals surface area (Å²) in [7, 11) is 2.07. The first kappa shape index (κ1) is 13.3. The number of likely N-dealkylation sites (tertiary alicyclic amines) is 1. The summed E-state index contributed by atoms with van der Waals surface area (Å²) in [6.45, 7) is 9.76. The lowest BCUT2D eigenvalue weighted by Crippen LogP contribution is -2.52. The molecule has 1 unspecified atom stereocenters. The molecule has 0 saturated carbocycles. The minimum atomic E-state index is 0.558. The Bertz CT molecular complexity index is 242. The minimum absolute atomic E-state index is 0.558. The van der Waals surface area contributed by atoms with Gasteiger partial charge in [0.25, 0.3) is 0 Å². The van der Waals surface area contributed by atoms with E-state index >= 15 is 0 Å². The van der Waals surface area contributed by atoms with E-state index in [9.17, 15) is 0 Å². The quantitative estimate of drug-likeness (QED) is 0.796. The summed E-state index contributed by atoms with van der Waals surface area (Å²) in [5.74, 6) is 0. The molecule has 0 bridgehead atoms. The van der Waals surface area contributed by atoms with Crippen LogP contribution in [0.2, 0.25) is 0 Å². The average molecular weight is 239 g/mol. The normalized spacial score (nSPS) is 33.2. The summed E-state index contributed by atoms with van der Waals surface area (Å²) in [4.78, 5) is 2.68. The van der Waals surface area contributed by atoms with Crippen molar-refractivity contribution in [2.75, 3.05) is 33.2 Å². The van der Waals surface area contributed by atoms with Crippen LogP contribution in [0, 0.1) is 5.41 Å². The standard InChI is InChI=1S/C14H29N3/c1-13(2)16-9-6-8-14(11-16)7-4-5-10-17(12-14)15-3/h13,15H,4-12H2,1-3H3. The van der Waals surface area contributed by atoms with Crippen LogP contribution in [0.5, 0.6) is 0 Å². The molecule has 0 aromatic heterocycles. The third-order valence-electron chi connectivity index (χ3n) is 4.65. The van der Waals surface area contributed by atoms with Crippen molar-refractivity contribution in [3.05, 3.63) is 0 Å². The van der Waals surface area contributed by atoms with Crippen molar-refractivity contribution < 1.29 is 0 Å². The maximum Gasteiger partial charge on any atom is 0.0199 e. The van der Waals surface area contributed by atoms with E-state index in [0.29, 0.717) is 11.5 Å². The van der Waals surface area contributed by atoms with Gasteiger partial charge in [0.1, 0.15) is 0 Å². The molecule has 1 spiro atoms. The van der Waals surface area contributed by atoms with Gasteiger partial charge in [-0.25, -0.2) is 5.01 Å².